The van der Waals surface area contributed by atoms with E-state index in [9.17, 15) is 4.79 Å². The van der Waals surface area contributed by atoms with E-state index in [-0.39, 0.29) is 5.91 Å². The quantitative estimate of drug-likeness (QED) is 0.646. The molecule has 1 aromatic rings. The van der Waals surface area contributed by atoms with E-state index in [0.29, 0.717) is 13.0 Å². The number of hydrogen-bond donors (Lipinski definition) is 2. The number of benzene rings is 1. The molecule has 1 aromatic carbocycles. The molecule has 1 atom stereocenters. The number of carbonyl (C=O) groups is 1. The Bertz CT molecular complexity index is 373. The lowest BCUT2D eigenvalue weighted by Gasteiger charge is -2.12. The fourth-order valence-corrected chi connectivity index (χ4v) is 2.61. The van der Waals surface area contributed by atoms with Crippen molar-refractivity contribution in [2.45, 2.75) is 25.4 Å². The molecule has 0 fully saturated rings. The van der Waals surface area contributed by atoms with Crippen LogP contribution in [0.3, 0.4) is 0 Å². The lowest BCUT2D eigenvalue weighted by Crippen LogP contribution is -2.40. The van der Waals surface area contributed by atoms with Crippen molar-refractivity contribution in [1.29, 1.82) is 0 Å². The number of nitrogens with two attached hydrogens (primary N) is 1. The highest BCUT2D eigenvalue weighted by Gasteiger charge is 2.12. The highest BCUT2D eigenvalue weighted by Crippen LogP contribution is 2.06. The molecule has 20 heavy (non-hydrogen) atoms. The largest absolute Gasteiger partial charge is 0.385 e. The summed E-state index contributed by atoms with van der Waals surface area (Å²) in [5, 5.41) is 2.87. The molecular formula is C15H24N2O2S. The maximum absolute atomic E-state index is 11.8. The van der Waals surface area contributed by atoms with Crippen LogP contribution in [-0.2, 0) is 16.1 Å². The Hall–Kier alpha value is -1.04. The summed E-state index contributed by atoms with van der Waals surface area (Å²) >= 11 is 1.81. The molecule has 0 saturated heterocycles. The van der Waals surface area contributed by atoms with Crippen LogP contribution in [0.5, 0.6) is 0 Å². The summed E-state index contributed by atoms with van der Waals surface area (Å²) < 4.78 is 4.98. The standard InChI is InChI=1S/C15H24N2O2S/c1-19-9-5-10-20-11-8-14(16)15(18)17-12-13-6-3-2-4-7-13/h2-4,6-7,14H,5,8-12,16H2,1H3,(H,17,18). The molecule has 0 aliphatic heterocycles. The summed E-state index contributed by atoms with van der Waals surface area (Å²) in [5.74, 6) is 1.88. The van der Waals surface area contributed by atoms with Crippen LogP contribution in [0.4, 0.5) is 0 Å². The van der Waals surface area contributed by atoms with Gasteiger partial charge in [0.05, 0.1) is 6.04 Å². The van der Waals surface area contributed by atoms with Crippen molar-refractivity contribution in [2.24, 2.45) is 5.73 Å². The number of hydrogen-bond acceptors (Lipinski definition) is 4. The molecule has 3 N–H and O–H groups in total. The zero-order valence-electron chi connectivity index (χ0n) is 12.0. The van der Waals surface area contributed by atoms with Gasteiger partial charge >= 0.3 is 0 Å². The maximum Gasteiger partial charge on any atom is 0.237 e. The minimum atomic E-state index is -0.423. The van der Waals surface area contributed by atoms with E-state index in [1.165, 1.54) is 0 Å². The van der Waals surface area contributed by atoms with Crippen LogP contribution < -0.4 is 11.1 Å². The smallest absolute Gasteiger partial charge is 0.237 e. The predicted molar refractivity (Wildman–Crippen MR) is 84.7 cm³/mol. The molecule has 1 amide bonds. The van der Waals surface area contributed by atoms with Gasteiger partial charge in [-0.25, -0.2) is 0 Å². The zero-order valence-corrected chi connectivity index (χ0v) is 12.8. The third-order valence-electron chi connectivity index (χ3n) is 2.86. The van der Waals surface area contributed by atoms with E-state index < -0.39 is 6.04 Å². The van der Waals surface area contributed by atoms with Gasteiger partial charge in [0.2, 0.25) is 5.91 Å². The van der Waals surface area contributed by atoms with E-state index >= 15 is 0 Å². The minimum Gasteiger partial charge on any atom is -0.385 e. The van der Waals surface area contributed by atoms with Crippen LogP contribution in [0.2, 0.25) is 0 Å². The highest BCUT2D eigenvalue weighted by atomic mass is 32.2. The van der Waals surface area contributed by atoms with Crippen LogP contribution in [0, 0.1) is 0 Å². The highest BCUT2D eigenvalue weighted by molar-refractivity contribution is 7.99. The molecule has 1 rings (SSSR count). The number of thioether (sulfide) groups is 1. The molecule has 1 unspecified atom stereocenters. The van der Waals surface area contributed by atoms with Gasteiger partial charge in [-0.05, 0) is 29.9 Å². The molecule has 0 aliphatic rings. The zero-order chi connectivity index (χ0) is 14.6. The second-order valence-electron chi connectivity index (χ2n) is 4.56. The Morgan fingerprint density at radius 1 is 1.35 bits per heavy atom. The van der Waals surface area contributed by atoms with Crippen molar-refractivity contribution in [3.63, 3.8) is 0 Å². The average Bonchev–Trinajstić information content (AvgIpc) is 2.49. The predicted octanol–water partition coefficient (Wildman–Crippen LogP) is 1.79. The van der Waals surface area contributed by atoms with Crippen molar-refractivity contribution in [2.75, 3.05) is 25.2 Å². The first-order chi connectivity index (χ1) is 9.74. The van der Waals surface area contributed by atoms with Crippen molar-refractivity contribution in [3.8, 4) is 0 Å². The lowest BCUT2D eigenvalue weighted by atomic mass is 10.2. The molecule has 112 valence electrons. The molecule has 4 nitrogen and oxygen atoms in total. The van der Waals surface area contributed by atoms with E-state index in [1.54, 1.807) is 7.11 Å². The molecule has 0 spiro atoms. The summed E-state index contributed by atoms with van der Waals surface area (Å²) in [6, 6.07) is 9.41. The topological polar surface area (TPSA) is 64.3 Å². The Kier molecular flexibility index (Phi) is 9.11. The first kappa shape index (κ1) is 17.0. The molecule has 0 aliphatic carbocycles. The van der Waals surface area contributed by atoms with Gasteiger partial charge in [0, 0.05) is 20.3 Å². The van der Waals surface area contributed by atoms with Gasteiger partial charge in [-0.1, -0.05) is 30.3 Å². The number of rotatable bonds is 10. The van der Waals surface area contributed by atoms with E-state index in [4.69, 9.17) is 10.5 Å². The van der Waals surface area contributed by atoms with Crippen LogP contribution in [-0.4, -0.2) is 37.2 Å². The van der Waals surface area contributed by atoms with E-state index in [1.807, 2.05) is 42.1 Å². The van der Waals surface area contributed by atoms with Gasteiger partial charge in [-0.2, -0.15) is 11.8 Å². The molecule has 0 bridgehead atoms. The lowest BCUT2D eigenvalue weighted by molar-refractivity contribution is -0.122. The van der Waals surface area contributed by atoms with E-state index in [2.05, 4.69) is 5.32 Å². The minimum absolute atomic E-state index is 0.0775. The van der Waals surface area contributed by atoms with Gasteiger partial charge in [0.15, 0.2) is 0 Å². The van der Waals surface area contributed by atoms with Crippen LogP contribution in [0.25, 0.3) is 0 Å². The fourth-order valence-electron chi connectivity index (χ4n) is 1.66. The molecule has 0 heterocycles. The first-order valence-corrected chi connectivity index (χ1v) is 8.03. The second-order valence-corrected chi connectivity index (χ2v) is 5.78. The molecule has 0 radical (unpaired) electrons. The van der Waals surface area contributed by atoms with Crippen molar-refractivity contribution in [1.82, 2.24) is 5.32 Å². The number of carbonyl (C=O) groups excluding carboxylic acids is 1. The Morgan fingerprint density at radius 3 is 2.80 bits per heavy atom. The summed E-state index contributed by atoms with van der Waals surface area (Å²) in [5.41, 5.74) is 6.96. The Balaban J connectivity index is 2.10. The monoisotopic (exact) mass is 296 g/mol. The average molecular weight is 296 g/mol. The number of ether oxygens (including phenoxy) is 1. The summed E-state index contributed by atoms with van der Waals surface area (Å²) in [6.45, 7) is 1.32. The summed E-state index contributed by atoms with van der Waals surface area (Å²) in [6.07, 6.45) is 1.74. The number of amides is 1. The second kappa shape index (κ2) is 10.7. The fraction of sp³-hybridized carbons (Fsp3) is 0.533. The normalized spacial score (nSPS) is 12.1. The molecule has 5 heteroatoms. The summed E-state index contributed by atoms with van der Waals surface area (Å²) in [4.78, 5) is 11.8. The van der Waals surface area contributed by atoms with Gasteiger partial charge in [0.25, 0.3) is 0 Å². The van der Waals surface area contributed by atoms with Gasteiger partial charge < -0.3 is 15.8 Å². The van der Waals surface area contributed by atoms with Crippen LogP contribution in [0.1, 0.15) is 18.4 Å². The Labute approximate surface area is 125 Å². The SMILES string of the molecule is COCCCSCCC(N)C(=O)NCc1ccccc1. The molecule has 0 saturated carbocycles. The van der Waals surface area contributed by atoms with Crippen molar-refractivity contribution < 1.29 is 9.53 Å². The first-order valence-electron chi connectivity index (χ1n) is 6.88. The molecular weight excluding hydrogens is 272 g/mol. The number of methoxy groups -OCH3 is 1. The van der Waals surface area contributed by atoms with Crippen molar-refractivity contribution in [3.05, 3.63) is 35.9 Å². The third kappa shape index (κ3) is 7.53. The van der Waals surface area contributed by atoms with Gasteiger partial charge in [-0.3, -0.25) is 4.79 Å². The van der Waals surface area contributed by atoms with Gasteiger partial charge in [-0.15, -0.1) is 0 Å². The van der Waals surface area contributed by atoms with E-state index in [0.717, 1.165) is 30.1 Å². The number of nitrogens with one attached hydrogen (secondary N) is 1. The third-order valence-corrected chi connectivity index (χ3v) is 3.96. The molecule has 0 aromatic heterocycles. The van der Waals surface area contributed by atoms with Crippen molar-refractivity contribution >= 4 is 17.7 Å². The van der Waals surface area contributed by atoms with Gasteiger partial charge in [0.1, 0.15) is 0 Å². The van der Waals surface area contributed by atoms with Crippen LogP contribution in [0.15, 0.2) is 30.3 Å². The maximum atomic E-state index is 11.8. The van der Waals surface area contributed by atoms with Crippen LogP contribution >= 0.6 is 11.8 Å². The summed E-state index contributed by atoms with van der Waals surface area (Å²) in [7, 11) is 1.71. The Morgan fingerprint density at radius 2 is 2.10 bits per heavy atom.